The lowest BCUT2D eigenvalue weighted by Gasteiger charge is -2.20. The van der Waals surface area contributed by atoms with Crippen LogP contribution < -0.4 is 5.32 Å². The summed E-state index contributed by atoms with van der Waals surface area (Å²) in [7, 11) is -3.34. The highest BCUT2D eigenvalue weighted by Gasteiger charge is 2.42. The SMILES string of the molecule is O=C(NC1CN(S(=O)(=O)CC2CC2)CC1c1ccccc1)c1cc(Cl)cc(Cl)c1. The van der Waals surface area contributed by atoms with Crippen molar-refractivity contribution in [2.24, 2.45) is 5.92 Å². The van der Waals surface area contributed by atoms with E-state index < -0.39 is 10.0 Å². The van der Waals surface area contributed by atoms with Gasteiger partial charge < -0.3 is 5.32 Å². The number of benzene rings is 2. The molecule has 1 saturated heterocycles. The van der Waals surface area contributed by atoms with Crippen LogP contribution >= 0.6 is 23.2 Å². The molecule has 2 aromatic rings. The Morgan fingerprint density at radius 3 is 2.31 bits per heavy atom. The lowest BCUT2D eigenvalue weighted by Crippen LogP contribution is -2.40. The van der Waals surface area contributed by atoms with Crippen LogP contribution in [-0.4, -0.2) is 43.5 Å². The van der Waals surface area contributed by atoms with Crippen molar-refractivity contribution in [3.63, 3.8) is 0 Å². The maximum atomic E-state index is 12.8. The average Bonchev–Trinajstić information content (AvgIpc) is 3.36. The lowest BCUT2D eigenvalue weighted by atomic mass is 9.94. The molecular weight excluding hydrogens is 431 g/mol. The maximum absolute atomic E-state index is 12.8. The third-order valence-corrected chi connectivity index (χ3v) is 7.91. The second-order valence-electron chi connectivity index (χ2n) is 7.79. The molecule has 0 bridgehead atoms. The Morgan fingerprint density at radius 2 is 1.69 bits per heavy atom. The molecule has 1 aliphatic carbocycles. The molecule has 0 radical (unpaired) electrons. The third-order valence-electron chi connectivity index (χ3n) is 5.49. The molecule has 2 atom stereocenters. The van der Waals surface area contributed by atoms with Crippen LogP contribution in [0.1, 0.15) is 34.7 Å². The number of rotatable bonds is 6. The van der Waals surface area contributed by atoms with Crippen molar-refractivity contribution in [2.45, 2.75) is 24.8 Å². The number of halogens is 2. The first-order valence-electron chi connectivity index (χ1n) is 9.61. The van der Waals surface area contributed by atoms with Crippen LogP contribution in [0.5, 0.6) is 0 Å². The molecular formula is C21H22Cl2N2O3S. The van der Waals surface area contributed by atoms with E-state index in [0.717, 1.165) is 18.4 Å². The molecule has 1 N–H and O–H groups in total. The van der Waals surface area contributed by atoms with Crippen molar-refractivity contribution in [2.75, 3.05) is 18.8 Å². The summed E-state index contributed by atoms with van der Waals surface area (Å²) < 4.78 is 27.2. The van der Waals surface area contributed by atoms with Gasteiger partial charge in [-0.2, -0.15) is 4.31 Å². The van der Waals surface area contributed by atoms with Crippen LogP contribution in [0.3, 0.4) is 0 Å². The molecule has 1 amide bonds. The Morgan fingerprint density at radius 1 is 1.03 bits per heavy atom. The molecule has 1 heterocycles. The van der Waals surface area contributed by atoms with Gasteiger partial charge in [0.1, 0.15) is 0 Å². The van der Waals surface area contributed by atoms with E-state index in [1.54, 1.807) is 18.2 Å². The number of hydrogen-bond acceptors (Lipinski definition) is 3. The van der Waals surface area contributed by atoms with Crippen molar-refractivity contribution >= 4 is 39.1 Å². The Labute approximate surface area is 181 Å². The van der Waals surface area contributed by atoms with Gasteiger partial charge in [0, 0.05) is 34.6 Å². The normalized spacial score (nSPS) is 22.6. The quantitative estimate of drug-likeness (QED) is 0.721. The van der Waals surface area contributed by atoms with E-state index in [1.165, 1.54) is 4.31 Å². The summed E-state index contributed by atoms with van der Waals surface area (Å²) in [6.45, 7) is 0.620. The first kappa shape index (κ1) is 20.7. The van der Waals surface area contributed by atoms with Crippen molar-refractivity contribution in [1.29, 1.82) is 0 Å². The fourth-order valence-electron chi connectivity index (χ4n) is 3.80. The minimum atomic E-state index is -3.34. The highest BCUT2D eigenvalue weighted by molar-refractivity contribution is 7.89. The Hall–Kier alpha value is -1.60. The van der Waals surface area contributed by atoms with Crippen LogP contribution in [0.15, 0.2) is 48.5 Å². The summed E-state index contributed by atoms with van der Waals surface area (Å²) in [6, 6.07) is 14.0. The van der Waals surface area contributed by atoms with Crippen molar-refractivity contribution < 1.29 is 13.2 Å². The zero-order valence-electron chi connectivity index (χ0n) is 15.7. The van der Waals surface area contributed by atoms with Gasteiger partial charge in [0.25, 0.3) is 5.91 Å². The second kappa shape index (κ2) is 8.26. The van der Waals surface area contributed by atoms with Gasteiger partial charge in [0.15, 0.2) is 0 Å². The Kier molecular flexibility index (Phi) is 5.89. The zero-order valence-corrected chi connectivity index (χ0v) is 18.1. The smallest absolute Gasteiger partial charge is 0.251 e. The van der Waals surface area contributed by atoms with Gasteiger partial charge in [-0.05, 0) is 42.5 Å². The van der Waals surface area contributed by atoms with Crippen molar-refractivity contribution in [3.8, 4) is 0 Å². The molecule has 5 nitrogen and oxygen atoms in total. The summed E-state index contributed by atoms with van der Waals surface area (Å²) in [5.41, 5.74) is 1.36. The van der Waals surface area contributed by atoms with Gasteiger partial charge in [-0.15, -0.1) is 0 Å². The number of amides is 1. The first-order chi connectivity index (χ1) is 13.8. The van der Waals surface area contributed by atoms with E-state index in [4.69, 9.17) is 23.2 Å². The van der Waals surface area contributed by atoms with E-state index in [-0.39, 0.29) is 36.1 Å². The van der Waals surface area contributed by atoms with Gasteiger partial charge >= 0.3 is 0 Å². The summed E-state index contributed by atoms with van der Waals surface area (Å²) in [5.74, 6) is 0.0296. The molecule has 8 heteroatoms. The molecule has 2 aliphatic rings. The van der Waals surface area contributed by atoms with E-state index in [0.29, 0.717) is 22.2 Å². The van der Waals surface area contributed by atoms with Gasteiger partial charge in [-0.1, -0.05) is 53.5 Å². The highest BCUT2D eigenvalue weighted by Crippen LogP contribution is 2.35. The molecule has 1 aliphatic heterocycles. The number of hydrogen-bond donors (Lipinski definition) is 1. The Bertz CT molecular complexity index is 990. The maximum Gasteiger partial charge on any atom is 0.251 e. The fourth-order valence-corrected chi connectivity index (χ4v) is 6.24. The standard InChI is InChI=1S/C21H22Cl2N2O3S/c22-17-8-16(9-18(23)10-17)21(26)24-20-12-25(29(27,28)13-14-6-7-14)11-19(20)15-4-2-1-3-5-15/h1-5,8-10,14,19-20H,6-7,11-13H2,(H,24,26). The summed E-state index contributed by atoms with van der Waals surface area (Å²) >= 11 is 12.0. The predicted molar refractivity (Wildman–Crippen MR) is 115 cm³/mol. The van der Waals surface area contributed by atoms with Crippen LogP contribution in [0.2, 0.25) is 10.0 Å². The number of carbonyl (C=O) groups is 1. The molecule has 0 spiro atoms. The van der Waals surface area contributed by atoms with Gasteiger partial charge in [0.2, 0.25) is 10.0 Å². The topological polar surface area (TPSA) is 66.5 Å². The fraction of sp³-hybridized carbons (Fsp3) is 0.381. The molecule has 0 aromatic heterocycles. The van der Waals surface area contributed by atoms with Crippen LogP contribution in [-0.2, 0) is 10.0 Å². The molecule has 4 rings (SSSR count). The largest absolute Gasteiger partial charge is 0.347 e. The zero-order chi connectivity index (χ0) is 20.6. The van der Waals surface area contributed by atoms with Gasteiger partial charge in [-0.3, -0.25) is 4.79 Å². The average molecular weight is 453 g/mol. The van der Waals surface area contributed by atoms with Crippen LogP contribution in [0, 0.1) is 5.92 Å². The summed E-state index contributed by atoms with van der Waals surface area (Å²) in [6.07, 6.45) is 1.95. The lowest BCUT2D eigenvalue weighted by molar-refractivity contribution is 0.0936. The van der Waals surface area contributed by atoms with Gasteiger partial charge in [-0.25, -0.2) is 8.42 Å². The predicted octanol–water partition coefficient (Wildman–Crippen LogP) is 3.93. The molecule has 154 valence electrons. The van der Waals surface area contributed by atoms with E-state index >= 15 is 0 Å². The molecule has 2 aromatic carbocycles. The van der Waals surface area contributed by atoms with Crippen LogP contribution in [0.4, 0.5) is 0 Å². The third kappa shape index (κ3) is 4.94. The monoisotopic (exact) mass is 452 g/mol. The van der Waals surface area contributed by atoms with E-state index in [9.17, 15) is 13.2 Å². The van der Waals surface area contributed by atoms with Crippen LogP contribution in [0.25, 0.3) is 0 Å². The molecule has 1 saturated carbocycles. The highest BCUT2D eigenvalue weighted by atomic mass is 35.5. The number of nitrogens with zero attached hydrogens (tertiary/aromatic N) is 1. The molecule has 29 heavy (non-hydrogen) atoms. The minimum absolute atomic E-state index is 0.121. The minimum Gasteiger partial charge on any atom is -0.347 e. The first-order valence-corrected chi connectivity index (χ1v) is 12.0. The van der Waals surface area contributed by atoms with E-state index in [1.807, 2.05) is 30.3 Å². The molecule has 2 fully saturated rings. The number of nitrogens with one attached hydrogen (secondary N) is 1. The van der Waals surface area contributed by atoms with Crippen molar-refractivity contribution in [1.82, 2.24) is 9.62 Å². The second-order valence-corrected chi connectivity index (χ2v) is 10.7. The van der Waals surface area contributed by atoms with Gasteiger partial charge in [0.05, 0.1) is 11.8 Å². The Balaban J connectivity index is 1.57. The number of carbonyl (C=O) groups excluding carboxylic acids is 1. The van der Waals surface area contributed by atoms with Crippen molar-refractivity contribution in [3.05, 3.63) is 69.7 Å². The summed E-state index contributed by atoms with van der Waals surface area (Å²) in [5, 5.41) is 3.76. The van der Waals surface area contributed by atoms with E-state index in [2.05, 4.69) is 5.32 Å². The molecule has 2 unspecified atom stereocenters. The number of sulfonamides is 1. The summed E-state index contributed by atoms with van der Waals surface area (Å²) in [4.78, 5) is 12.8.